The molecule has 0 atom stereocenters. The van der Waals surface area contributed by atoms with Crippen LogP contribution in [0.5, 0.6) is 0 Å². The van der Waals surface area contributed by atoms with E-state index in [0.717, 1.165) is 22.7 Å². The fourth-order valence-corrected chi connectivity index (χ4v) is 3.06. The summed E-state index contributed by atoms with van der Waals surface area (Å²) >= 11 is 0. The van der Waals surface area contributed by atoms with Crippen molar-refractivity contribution in [2.75, 3.05) is 50.9 Å². The summed E-state index contributed by atoms with van der Waals surface area (Å²) in [5.41, 5.74) is -1.73. The van der Waals surface area contributed by atoms with Crippen molar-refractivity contribution >= 4 is 27.3 Å². The number of nitrogens with zero attached hydrogens (tertiary/aromatic N) is 4. The van der Waals surface area contributed by atoms with E-state index in [1.165, 1.54) is 16.8 Å². The van der Waals surface area contributed by atoms with Gasteiger partial charge in [-0.15, -0.1) is 0 Å². The number of carbonyl (C=O) groups excluding carboxylic acids is 1. The number of hydrogen-bond donors (Lipinski definition) is 0. The Hall–Kier alpha value is -2.41. The minimum Gasteiger partial charge on any atom is -0.362 e. The van der Waals surface area contributed by atoms with Gasteiger partial charge in [0.25, 0.3) is 5.69 Å². The third-order valence-corrected chi connectivity index (χ3v) is 5.66. The van der Waals surface area contributed by atoms with Gasteiger partial charge in [-0.2, -0.15) is 17.5 Å². The molecule has 1 aliphatic rings. The van der Waals surface area contributed by atoms with Crippen LogP contribution in [0.1, 0.15) is 5.56 Å². The third kappa shape index (κ3) is 5.10. The number of anilines is 1. The number of hydrogen-bond acceptors (Lipinski definition) is 6. The normalized spacial score (nSPS) is 15.8. The average molecular weight is 424 g/mol. The highest BCUT2D eigenvalue weighted by Gasteiger charge is 2.34. The van der Waals surface area contributed by atoms with E-state index in [-0.39, 0.29) is 38.4 Å². The second-order valence-electron chi connectivity index (χ2n) is 6.35. The van der Waals surface area contributed by atoms with E-state index in [1.807, 2.05) is 0 Å². The Morgan fingerprint density at radius 1 is 1.25 bits per heavy atom. The highest BCUT2D eigenvalue weighted by molar-refractivity contribution is 7.88. The smallest absolute Gasteiger partial charge is 0.362 e. The molecule has 156 valence electrons. The topological polar surface area (TPSA) is 104 Å². The van der Waals surface area contributed by atoms with Gasteiger partial charge in [0.1, 0.15) is 5.69 Å². The lowest BCUT2D eigenvalue weighted by Crippen LogP contribution is -2.51. The quantitative estimate of drug-likeness (QED) is 0.519. The van der Waals surface area contributed by atoms with Crippen molar-refractivity contribution in [1.29, 1.82) is 0 Å². The van der Waals surface area contributed by atoms with Crippen molar-refractivity contribution in [2.45, 2.75) is 6.18 Å². The number of benzene rings is 1. The van der Waals surface area contributed by atoms with Crippen LogP contribution in [-0.2, 0) is 21.0 Å². The average Bonchev–Trinajstić information content (AvgIpc) is 2.59. The summed E-state index contributed by atoms with van der Waals surface area (Å²) in [5, 5.41) is 11.2. The van der Waals surface area contributed by atoms with E-state index in [2.05, 4.69) is 0 Å². The molecule has 2 rings (SSSR count). The number of amides is 1. The van der Waals surface area contributed by atoms with Crippen LogP contribution in [0.2, 0.25) is 0 Å². The predicted octanol–water partition coefficient (Wildman–Crippen LogP) is 1.15. The van der Waals surface area contributed by atoms with Crippen LogP contribution in [0, 0.1) is 10.1 Å². The molecule has 1 aromatic carbocycles. The molecule has 28 heavy (non-hydrogen) atoms. The van der Waals surface area contributed by atoms with Gasteiger partial charge in [-0.25, -0.2) is 8.42 Å². The molecule has 0 spiro atoms. The zero-order chi connectivity index (χ0) is 21.3. The molecule has 1 amide bonds. The van der Waals surface area contributed by atoms with Crippen molar-refractivity contribution in [3.63, 3.8) is 0 Å². The van der Waals surface area contributed by atoms with E-state index in [9.17, 15) is 36.5 Å². The van der Waals surface area contributed by atoms with Gasteiger partial charge in [-0.05, 0) is 12.1 Å². The molecule has 0 saturated carbocycles. The van der Waals surface area contributed by atoms with Crippen molar-refractivity contribution in [3.05, 3.63) is 33.9 Å². The van der Waals surface area contributed by atoms with Gasteiger partial charge in [0.15, 0.2) is 0 Å². The second kappa shape index (κ2) is 7.91. The minimum absolute atomic E-state index is 0.0401. The molecule has 1 fully saturated rings. The molecule has 1 aliphatic heterocycles. The van der Waals surface area contributed by atoms with E-state index in [0.29, 0.717) is 6.07 Å². The van der Waals surface area contributed by atoms with Crippen LogP contribution in [0.4, 0.5) is 24.5 Å². The first kappa shape index (κ1) is 21.9. The zero-order valence-electron chi connectivity index (χ0n) is 15.1. The van der Waals surface area contributed by atoms with Gasteiger partial charge in [0.2, 0.25) is 15.9 Å². The highest BCUT2D eigenvalue weighted by atomic mass is 32.2. The molecule has 0 N–H and O–H groups in total. The lowest BCUT2D eigenvalue weighted by Gasteiger charge is -2.36. The summed E-state index contributed by atoms with van der Waals surface area (Å²) in [6.45, 7) is 0.323. The van der Waals surface area contributed by atoms with Crippen LogP contribution in [0.15, 0.2) is 18.2 Å². The molecule has 0 radical (unpaired) electrons. The third-order valence-electron chi connectivity index (χ3n) is 4.40. The van der Waals surface area contributed by atoms with Crippen molar-refractivity contribution in [1.82, 2.24) is 9.21 Å². The molecule has 0 aliphatic carbocycles. The number of sulfonamides is 1. The summed E-state index contributed by atoms with van der Waals surface area (Å²) in [6, 6.07) is 2.32. The number of rotatable bonds is 5. The Morgan fingerprint density at radius 3 is 2.29 bits per heavy atom. The predicted molar refractivity (Wildman–Crippen MR) is 94.4 cm³/mol. The Balaban J connectivity index is 2.11. The number of nitro groups is 1. The van der Waals surface area contributed by atoms with Gasteiger partial charge in [-0.1, -0.05) is 0 Å². The first-order valence-corrected chi connectivity index (χ1v) is 9.95. The molecular formula is C15H19F3N4O5S. The molecule has 9 nitrogen and oxygen atoms in total. The van der Waals surface area contributed by atoms with E-state index >= 15 is 0 Å². The first-order valence-electron chi connectivity index (χ1n) is 8.10. The number of alkyl halides is 3. The lowest BCUT2D eigenvalue weighted by atomic mass is 10.1. The maximum atomic E-state index is 12.8. The highest BCUT2D eigenvalue weighted by Crippen LogP contribution is 2.36. The standard InChI is InChI=1S/C15H19F3N4O5S/c1-19(28(2,26)27)10-14(23)21-7-5-20(6-8-21)12-4-3-11(15(16,17)18)9-13(12)22(24)25/h3-4,9H,5-8,10H2,1-2H3. The summed E-state index contributed by atoms with van der Waals surface area (Å²) in [7, 11) is -2.24. The number of piperazine rings is 1. The Kier molecular flexibility index (Phi) is 6.18. The SMILES string of the molecule is CN(CC(=O)N1CCN(c2ccc(C(F)(F)F)cc2[N+](=O)[O-])CC1)S(C)(=O)=O. The number of nitro benzene ring substituents is 1. The minimum atomic E-state index is -4.69. The maximum absolute atomic E-state index is 12.8. The van der Waals surface area contributed by atoms with E-state index in [1.54, 1.807) is 0 Å². The van der Waals surface area contributed by atoms with Crippen molar-refractivity contribution in [2.24, 2.45) is 0 Å². The maximum Gasteiger partial charge on any atom is 0.416 e. The first-order chi connectivity index (χ1) is 12.8. The van der Waals surface area contributed by atoms with Gasteiger partial charge < -0.3 is 9.80 Å². The van der Waals surface area contributed by atoms with Crippen LogP contribution >= 0.6 is 0 Å². The Bertz CT molecular complexity index is 867. The fourth-order valence-electron chi connectivity index (χ4n) is 2.72. The second-order valence-corrected chi connectivity index (χ2v) is 8.43. The van der Waals surface area contributed by atoms with Gasteiger partial charge in [0, 0.05) is 39.3 Å². The van der Waals surface area contributed by atoms with Crippen LogP contribution < -0.4 is 4.90 Å². The number of likely N-dealkylation sites (N-methyl/N-ethyl adjacent to an activating group) is 1. The Morgan fingerprint density at radius 2 is 1.82 bits per heavy atom. The number of carbonyl (C=O) groups is 1. The summed E-state index contributed by atoms with van der Waals surface area (Å²) < 4.78 is 62.1. The lowest BCUT2D eigenvalue weighted by molar-refractivity contribution is -0.384. The molecule has 0 bridgehead atoms. The molecule has 1 heterocycles. The van der Waals surface area contributed by atoms with Gasteiger partial charge in [-0.3, -0.25) is 14.9 Å². The molecule has 1 saturated heterocycles. The van der Waals surface area contributed by atoms with Crippen molar-refractivity contribution in [3.8, 4) is 0 Å². The summed E-state index contributed by atoms with van der Waals surface area (Å²) in [5.74, 6) is -0.422. The zero-order valence-corrected chi connectivity index (χ0v) is 16.0. The van der Waals surface area contributed by atoms with Crippen molar-refractivity contribution < 1.29 is 31.3 Å². The monoisotopic (exact) mass is 424 g/mol. The van der Waals surface area contributed by atoms with E-state index < -0.39 is 38.3 Å². The Labute approximate surface area is 159 Å². The molecule has 1 aromatic rings. The van der Waals surface area contributed by atoms with E-state index in [4.69, 9.17) is 0 Å². The molecular weight excluding hydrogens is 405 g/mol. The van der Waals surface area contributed by atoms with Gasteiger partial charge in [0.05, 0.1) is 23.3 Å². The van der Waals surface area contributed by atoms with Crippen LogP contribution in [0.25, 0.3) is 0 Å². The summed E-state index contributed by atoms with van der Waals surface area (Å²) in [4.78, 5) is 25.5. The number of halogens is 3. The van der Waals surface area contributed by atoms with Crippen LogP contribution in [0.3, 0.4) is 0 Å². The van der Waals surface area contributed by atoms with Crippen LogP contribution in [-0.4, -0.2) is 74.5 Å². The van der Waals surface area contributed by atoms with Gasteiger partial charge >= 0.3 is 6.18 Å². The largest absolute Gasteiger partial charge is 0.416 e. The molecule has 0 unspecified atom stereocenters. The summed E-state index contributed by atoms with van der Waals surface area (Å²) in [6.07, 6.45) is -3.72. The molecule has 13 heteroatoms. The molecule has 0 aromatic heterocycles. The fraction of sp³-hybridized carbons (Fsp3) is 0.533.